The first-order chi connectivity index (χ1) is 37.9. The molecule has 2 amide bonds. The molecule has 0 radical (unpaired) electrons. The van der Waals surface area contributed by atoms with Crippen LogP contribution in [0.15, 0.2) is 108 Å². The first-order valence-corrected chi connectivity index (χ1v) is 27.6. The van der Waals surface area contributed by atoms with Crippen molar-refractivity contribution in [1.29, 1.82) is 0 Å². The average Bonchev–Trinajstić information content (AvgIpc) is 4.36. The van der Waals surface area contributed by atoms with E-state index < -0.39 is 24.0 Å². The molecule has 13 rings (SSSR count). The number of hydrogen-bond donors (Lipinski definition) is 4. The number of carbonyl (C=O) groups excluding carboxylic acids is 2. The third-order valence-electron chi connectivity index (χ3n) is 17.7. The van der Waals surface area contributed by atoms with Crippen LogP contribution < -0.4 is 24.9 Å². The summed E-state index contributed by atoms with van der Waals surface area (Å²) in [5.74, 6) is 0.233. The lowest BCUT2D eigenvalue weighted by Gasteiger charge is -2.60. The summed E-state index contributed by atoms with van der Waals surface area (Å²) in [5.41, 5.74) is 8.20. The van der Waals surface area contributed by atoms with Crippen LogP contribution in [-0.4, -0.2) is 131 Å². The number of anilines is 2. The van der Waals surface area contributed by atoms with E-state index in [1.165, 1.54) is 16.5 Å². The van der Waals surface area contributed by atoms with Gasteiger partial charge in [0.2, 0.25) is 11.9 Å². The van der Waals surface area contributed by atoms with Gasteiger partial charge < -0.3 is 48.9 Å². The van der Waals surface area contributed by atoms with Crippen molar-refractivity contribution in [3.05, 3.63) is 121 Å². The van der Waals surface area contributed by atoms with Crippen LogP contribution in [0, 0.1) is 17.2 Å². The molecule has 19 heteroatoms. The molecule has 3 aromatic carbocycles. The minimum absolute atomic E-state index is 0.0140. The highest BCUT2D eigenvalue weighted by atomic mass is 19.1. The Morgan fingerprint density at radius 2 is 1.58 bits per heavy atom. The number of phenolic OH excluding ortho intramolecular Hbond substituents is 1. The van der Waals surface area contributed by atoms with Gasteiger partial charge in [-0.05, 0) is 134 Å². The number of halogens is 1. The molecule has 8 heterocycles. The lowest BCUT2D eigenvalue weighted by atomic mass is 9.52. The number of piperazine rings is 1. The number of aliphatic hydroxyl groups excluding tert-OH is 1. The molecule has 4 aliphatic heterocycles. The van der Waals surface area contributed by atoms with Gasteiger partial charge >= 0.3 is 0 Å². The highest BCUT2D eigenvalue weighted by Crippen LogP contribution is 2.58. The molecule has 4 aromatic heterocycles. The summed E-state index contributed by atoms with van der Waals surface area (Å²) < 4.78 is 26.4. The summed E-state index contributed by atoms with van der Waals surface area (Å²) in [6.45, 7) is 7.65. The van der Waals surface area contributed by atoms with Crippen molar-refractivity contribution in [1.82, 2.24) is 45.6 Å². The summed E-state index contributed by atoms with van der Waals surface area (Å²) in [4.78, 5) is 55.5. The van der Waals surface area contributed by atoms with Gasteiger partial charge in [0.05, 0.1) is 17.5 Å². The molecular formula is C59H64FN11O7. The van der Waals surface area contributed by atoms with Gasteiger partial charge in [0.1, 0.15) is 29.6 Å². The number of phenols is 1. The monoisotopic (exact) mass is 1060 g/mol. The van der Waals surface area contributed by atoms with E-state index in [0.29, 0.717) is 63.8 Å². The molecule has 2 saturated carbocycles. The van der Waals surface area contributed by atoms with Crippen molar-refractivity contribution in [3.8, 4) is 39.8 Å². The molecule has 78 heavy (non-hydrogen) atoms. The lowest BCUT2D eigenvalue weighted by molar-refractivity contribution is -0.143. The van der Waals surface area contributed by atoms with E-state index in [0.717, 1.165) is 100 Å². The SMILES string of the molecule is CC(C)[C@@H](C(=O)N1C[C@H](O)C[C@H]1C(=O)NOc1ccc(-c2ccccc2F)cc1)c1cc(O[C@H]2CC3(C2)C[C@H](N2CCC(c4cnc(N5C6CCC5CN(c5c[nH]c7nnc(-c8ccccc8O)cc57)C6)nc4)CC2)C3)no1. The normalized spacial score (nSPS) is 25.6. The maximum Gasteiger partial charge on any atom is 0.275 e. The van der Waals surface area contributed by atoms with E-state index in [-0.39, 0.29) is 47.9 Å². The Kier molecular flexibility index (Phi) is 13.0. The number of nitrogens with zero attached hydrogens (tertiary/aromatic N) is 9. The van der Waals surface area contributed by atoms with Crippen LogP contribution in [0.5, 0.6) is 17.4 Å². The molecule has 1 spiro atoms. The zero-order valence-electron chi connectivity index (χ0n) is 43.7. The summed E-state index contributed by atoms with van der Waals surface area (Å²) in [6, 6.07) is 24.2. The highest BCUT2D eigenvalue weighted by molar-refractivity contribution is 5.93. The van der Waals surface area contributed by atoms with Gasteiger partial charge in [0.25, 0.3) is 11.8 Å². The smallest absolute Gasteiger partial charge is 0.275 e. The summed E-state index contributed by atoms with van der Waals surface area (Å²) in [6.07, 6.45) is 13.9. The van der Waals surface area contributed by atoms with Crippen molar-refractivity contribution in [2.45, 2.75) is 120 Å². The number of β-amino-alcohol motifs (C(OH)–C–C–N with tert-alkyl or cyclic N) is 1. The number of amides is 2. The number of ether oxygens (including phenoxy) is 1. The minimum atomic E-state index is -0.971. The standard InChI is InChI=1S/C59H64FN11O7/c1-34(2)54(57(75)70-33-41(72)21-49(70)56(74)67-77-42-15-11-36(12-16-42)44-7-3-5-9-47(44)60)52-23-53(66-78-52)76-43-26-59(27-43)24-40(25-59)68-19-17-35(18-20-68)37-28-62-58(63-29-37)71-38-13-14-39(71)32-69(31-38)50-30-61-55-46(50)22-48(64-65-55)45-8-4-6-10-51(45)73/h3-12,15-16,22-23,28-30,34-35,38-41,43,49,54,72-73H,13-14,17-21,24-27,31-33H2,1-2H3,(H,61,65)(H,67,74)/t38?,39?,40-,41-,43-,49+,54-,59?/m1/s1. The number of nitrogens with one attached hydrogen (secondary N) is 2. The Balaban J connectivity index is 0.559. The Bertz CT molecular complexity index is 3300. The Morgan fingerprint density at radius 3 is 2.29 bits per heavy atom. The molecule has 7 aromatic rings. The average molecular weight is 1060 g/mol. The fourth-order valence-corrected chi connectivity index (χ4v) is 13.7. The number of aliphatic hydroxyl groups is 1. The number of benzene rings is 3. The van der Waals surface area contributed by atoms with Crippen LogP contribution in [0.25, 0.3) is 33.4 Å². The van der Waals surface area contributed by atoms with Gasteiger partial charge in [-0.1, -0.05) is 56.3 Å². The van der Waals surface area contributed by atoms with Crippen LogP contribution in [-0.2, 0) is 9.59 Å². The zero-order valence-corrected chi connectivity index (χ0v) is 43.7. The topological polar surface area (TPSA) is 211 Å². The van der Waals surface area contributed by atoms with Crippen LogP contribution in [0.1, 0.15) is 94.8 Å². The number of likely N-dealkylation sites (tertiary alicyclic amines) is 2. The number of hydrogen-bond acceptors (Lipinski definition) is 15. The fraction of sp³-hybridized carbons (Fsp3) is 0.441. The number of fused-ring (bicyclic) bond motifs is 3. The molecular weight excluding hydrogens is 994 g/mol. The van der Waals surface area contributed by atoms with E-state index in [2.05, 4.69) is 52.9 Å². The molecule has 2 bridgehead atoms. The number of carbonyl (C=O) groups is 2. The van der Waals surface area contributed by atoms with Gasteiger partial charge in [-0.2, -0.15) is 5.48 Å². The van der Waals surface area contributed by atoms with Gasteiger partial charge in [-0.25, -0.2) is 14.4 Å². The van der Waals surface area contributed by atoms with Crippen molar-refractivity contribution >= 4 is 34.5 Å². The minimum Gasteiger partial charge on any atom is -0.507 e. The van der Waals surface area contributed by atoms with Crippen molar-refractivity contribution in [2.75, 3.05) is 42.5 Å². The van der Waals surface area contributed by atoms with Gasteiger partial charge in [0.15, 0.2) is 17.2 Å². The summed E-state index contributed by atoms with van der Waals surface area (Å²) in [5, 5.41) is 35.2. The molecule has 5 atom stereocenters. The fourth-order valence-electron chi connectivity index (χ4n) is 13.7. The maximum absolute atomic E-state index is 14.3. The molecule has 2 aliphatic carbocycles. The highest BCUT2D eigenvalue weighted by Gasteiger charge is 2.56. The van der Waals surface area contributed by atoms with Crippen LogP contribution in [0.3, 0.4) is 0 Å². The molecule has 6 aliphatic rings. The summed E-state index contributed by atoms with van der Waals surface area (Å²) in [7, 11) is 0. The van der Waals surface area contributed by atoms with Crippen LogP contribution in [0.2, 0.25) is 0 Å². The van der Waals surface area contributed by atoms with E-state index in [9.17, 15) is 24.2 Å². The predicted octanol–water partition coefficient (Wildman–Crippen LogP) is 8.15. The molecule has 6 fully saturated rings. The van der Waals surface area contributed by atoms with E-state index in [1.54, 1.807) is 60.7 Å². The van der Waals surface area contributed by atoms with E-state index in [4.69, 9.17) is 24.1 Å². The third-order valence-corrected chi connectivity index (χ3v) is 17.7. The maximum atomic E-state index is 14.3. The Hall–Kier alpha value is -7.64. The zero-order chi connectivity index (χ0) is 53.2. The Labute approximate surface area is 450 Å². The largest absolute Gasteiger partial charge is 0.507 e. The number of aromatic amines is 1. The van der Waals surface area contributed by atoms with Crippen LogP contribution in [0.4, 0.5) is 16.0 Å². The number of para-hydroxylation sites is 1. The van der Waals surface area contributed by atoms with E-state index >= 15 is 0 Å². The van der Waals surface area contributed by atoms with E-state index in [1.807, 2.05) is 38.2 Å². The predicted molar refractivity (Wildman–Crippen MR) is 288 cm³/mol. The van der Waals surface area contributed by atoms with Gasteiger partial charge in [-0.15, -0.1) is 10.2 Å². The molecule has 2 unspecified atom stereocenters. The lowest BCUT2D eigenvalue weighted by Crippen LogP contribution is -2.59. The molecule has 4 N–H and O–H groups in total. The second-order valence-corrected chi connectivity index (χ2v) is 23.0. The van der Waals surface area contributed by atoms with Gasteiger partial charge in [0, 0.05) is 85.4 Å². The first kappa shape index (κ1) is 49.9. The summed E-state index contributed by atoms with van der Waals surface area (Å²) >= 11 is 0. The first-order valence-electron chi connectivity index (χ1n) is 27.6. The Morgan fingerprint density at radius 1 is 0.859 bits per heavy atom. The van der Waals surface area contributed by atoms with Crippen LogP contribution >= 0.6 is 0 Å². The third kappa shape index (κ3) is 9.43. The van der Waals surface area contributed by atoms with Crippen molar-refractivity contribution in [3.63, 3.8) is 0 Å². The van der Waals surface area contributed by atoms with Gasteiger partial charge in [-0.3, -0.25) is 9.59 Å². The van der Waals surface area contributed by atoms with Crippen molar-refractivity contribution in [2.24, 2.45) is 11.3 Å². The number of piperidine rings is 1. The molecule has 404 valence electrons. The second kappa shape index (κ2) is 20.3. The molecule has 18 nitrogen and oxygen atoms in total. The number of aromatic nitrogens is 6. The second-order valence-electron chi connectivity index (χ2n) is 23.0. The molecule has 4 saturated heterocycles. The quantitative estimate of drug-likeness (QED) is 0.0757. The number of hydroxylamine groups is 1. The number of aromatic hydroxyl groups is 1. The number of H-pyrrole nitrogens is 1. The number of rotatable bonds is 14. The van der Waals surface area contributed by atoms with Crippen molar-refractivity contribution < 1.29 is 38.3 Å².